The fourth-order valence-corrected chi connectivity index (χ4v) is 2.50. The highest BCUT2D eigenvalue weighted by Gasteiger charge is 2.12. The van der Waals surface area contributed by atoms with E-state index >= 15 is 0 Å². The molecule has 0 atom stereocenters. The van der Waals surface area contributed by atoms with Crippen LogP contribution in [0.1, 0.15) is 27.7 Å². The SMILES string of the molecule is COc1ccc(NC(N)=NCCN(C(C)C)C(C)C)cc1OC. The van der Waals surface area contributed by atoms with Crippen molar-refractivity contribution in [3.8, 4) is 11.5 Å². The summed E-state index contributed by atoms with van der Waals surface area (Å²) in [4.78, 5) is 6.77. The summed E-state index contributed by atoms with van der Waals surface area (Å²) in [5.74, 6) is 1.72. The molecule has 0 saturated carbocycles. The lowest BCUT2D eigenvalue weighted by atomic mass is 10.2. The molecule has 0 heterocycles. The van der Waals surface area contributed by atoms with Gasteiger partial charge in [-0.05, 0) is 39.8 Å². The van der Waals surface area contributed by atoms with Crippen molar-refractivity contribution in [3.05, 3.63) is 18.2 Å². The van der Waals surface area contributed by atoms with E-state index in [2.05, 4.69) is 42.9 Å². The van der Waals surface area contributed by atoms with E-state index < -0.39 is 0 Å². The Labute approximate surface area is 139 Å². The second-order valence-corrected chi connectivity index (χ2v) is 5.89. The van der Waals surface area contributed by atoms with Crippen molar-refractivity contribution in [2.75, 3.05) is 32.6 Å². The van der Waals surface area contributed by atoms with Crippen LogP contribution in [0.4, 0.5) is 5.69 Å². The molecule has 0 radical (unpaired) electrons. The van der Waals surface area contributed by atoms with Crippen LogP contribution < -0.4 is 20.5 Å². The van der Waals surface area contributed by atoms with Gasteiger partial charge in [0, 0.05) is 30.4 Å². The number of rotatable bonds is 8. The van der Waals surface area contributed by atoms with E-state index in [1.54, 1.807) is 14.2 Å². The number of hydrogen-bond donors (Lipinski definition) is 2. The van der Waals surface area contributed by atoms with Gasteiger partial charge < -0.3 is 20.5 Å². The van der Waals surface area contributed by atoms with Gasteiger partial charge in [-0.25, -0.2) is 0 Å². The molecule has 1 aromatic rings. The number of hydrogen-bond acceptors (Lipinski definition) is 4. The van der Waals surface area contributed by atoms with Crippen molar-refractivity contribution in [3.63, 3.8) is 0 Å². The molecule has 0 aliphatic carbocycles. The predicted octanol–water partition coefficient (Wildman–Crippen LogP) is 2.55. The maximum Gasteiger partial charge on any atom is 0.193 e. The second-order valence-electron chi connectivity index (χ2n) is 5.89. The summed E-state index contributed by atoms with van der Waals surface area (Å²) in [5.41, 5.74) is 6.77. The summed E-state index contributed by atoms with van der Waals surface area (Å²) in [6.45, 7) is 10.3. The highest BCUT2D eigenvalue weighted by atomic mass is 16.5. The Morgan fingerprint density at radius 3 is 2.26 bits per heavy atom. The molecule has 23 heavy (non-hydrogen) atoms. The molecule has 0 bridgehead atoms. The molecule has 6 heteroatoms. The molecule has 3 N–H and O–H groups in total. The molecule has 0 spiro atoms. The molecule has 0 aromatic heterocycles. The Kier molecular flexibility index (Phi) is 7.68. The number of aliphatic imine (C=N–C) groups is 1. The quantitative estimate of drug-likeness (QED) is 0.568. The molecule has 0 saturated heterocycles. The molecule has 0 aliphatic rings. The Hall–Kier alpha value is -1.95. The molecule has 0 fully saturated rings. The number of guanidine groups is 1. The van der Waals surface area contributed by atoms with Crippen molar-refractivity contribution in [2.24, 2.45) is 10.7 Å². The lowest BCUT2D eigenvalue weighted by molar-refractivity contribution is 0.181. The number of nitrogens with one attached hydrogen (secondary N) is 1. The lowest BCUT2D eigenvalue weighted by Crippen LogP contribution is -2.39. The van der Waals surface area contributed by atoms with E-state index in [4.69, 9.17) is 15.2 Å². The number of nitrogens with two attached hydrogens (primary N) is 1. The molecule has 1 rings (SSSR count). The van der Waals surface area contributed by atoms with Crippen molar-refractivity contribution < 1.29 is 9.47 Å². The largest absolute Gasteiger partial charge is 0.493 e. The van der Waals surface area contributed by atoms with Gasteiger partial charge >= 0.3 is 0 Å². The van der Waals surface area contributed by atoms with E-state index in [-0.39, 0.29) is 0 Å². The first-order valence-corrected chi connectivity index (χ1v) is 7.93. The standard InChI is InChI=1S/C17H30N4O2/c1-12(2)21(13(3)4)10-9-19-17(18)20-14-7-8-15(22-5)16(11-14)23-6/h7-8,11-13H,9-10H2,1-6H3,(H3,18,19,20). The van der Waals surface area contributed by atoms with Gasteiger partial charge in [0.1, 0.15) is 0 Å². The van der Waals surface area contributed by atoms with E-state index in [9.17, 15) is 0 Å². The van der Waals surface area contributed by atoms with Crippen LogP contribution in [0, 0.1) is 0 Å². The average Bonchev–Trinajstić information content (AvgIpc) is 2.50. The lowest BCUT2D eigenvalue weighted by Gasteiger charge is -2.29. The van der Waals surface area contributed by atoms with Crippen LogP contribution in [0.3, 0.4) is 0 Å². The van der Waals surface area contributed by atoms with Gasteiger partial charge in [0.15, 0.2) is 17.5 Å². The van der Waals surface area contributed by atoms with Crippen LogP contribution in [-0.2, 0) is 0 Å². The van der Waals surface area contributed by atoms with E-state index in [1.165, 1.54) is 0 Å². The molecule has 0 unspecified atom stereocenters. The third-order valence-electron chi connectivity index (χ3n) is 3.62. The van der Waals surface area contributed by atoms with Crippen LogP contribution in [0.2, 0.25) is 0 Å². The molecular formula is C17H30N4O2. The van der Waals surface area contributed by atoms with Crippen LogP contribution >= 0.6 is 0 Å². The summed E-state index contributed by atoms with van der Waals surface area (Å²) in [6.07, 6.45) is 0. The zero-order valence-electron chi connectivity index (χ0n) is 15.1. The molecular weight excluding hydrogens is 292 g/mol. The van der Waals surface area contributed by atoms with Gasteiger partial charge in [0.05, 0.1) is 20.8 Å². The first kappa shape index (κ1) is 19.1. The summed E-state index contributed by atoms with van der Waals surface area (Å²) in [6, 6.07) is 6.51. The topological polar surface area (TPSA) is 72.1 Å². The molecule has 1 aromatic carbocycles. The van der Waals surface area contributed by atoms with E-state index in [0.717, 1.165) is 12.2 Å². The minimum absolute atomic E-state index is 0.393. The average molecular weight is 322 g/mol. The van der Waals surface area contributed by atoms with E-state index in [0.29, 0.717) is 36.1 Å². The Balaban J connectivity index is 2.63. The fraction of sp³-hybridized carbons (Fsp3) is 0.588. The molecule has 6 nitrogen and oxygen atoms in total. The van der Waals surface area contributed by atoms with Crippen molar-refractivity contribution in [1.29, 1.82) is 0 Å². The van der Waals surface area contributed by atoms with Crippen molar-refractivity contribution in [2.45, 2.75) is 39.8 Å². The van der Waals surface area contributed by atoms with Gasteiger partial charge in [0.2, 0.25) is 0 Å². The molecule has 0 aliphatic heterocycles. The number of benzene rings is 1. The summed E-state index contributed by atoms with van der Waals surface area (Å²) in [5, 5.41) is 3.07. The maximum atomic E-state index is 5.95. The van der Waals surface area contributed by atoms with Gasteiger partial charge in [-0.1, -0.05) is 0 Å². The smallest absolute Gasteiger partial charge is 0.193 e. The summed E-state index contributed by atoms with van der Waals surface area (Å²) >= 11 is 0. The van der Waals surface area contributed by atoms with Gasteiger partial charge in [-0.15, -0.1) is 0 Å². The molecule has 130 valence electrons. The summed E-state index contributed by atoms with van der Waals surface area (Å²) < 4.78 is 10.5. The van der Waals surface area contributed by atoms with Crippen LogP contribution in [-0.4, -0.2) is 50.3 Å². The fourth-order valence-electron chi connectivity index (χ4n) is 2.50. The third kappa shape index (κ3) is 5.98. The van der Waals surface area contributed by atoms with Crippen molar-refractivity contribution >= 4 is 11.6 Å². The normalized spacial score (nSPS) is 12.1. The number of ether oxygens (including phenoxy) is 2. The van der Waals surface area contributed by atoms with Gasteiger partial charge in [-0.2, -0.15) is 0 Å². The first-order chi connectivity index (χ1) is 10.9. The third-order valence-corrected chi connectivity index (χ3v) is 3.62. The first-order valence-electron chi connectivity index (χ1n) is 7.93. The van der Waals surface area contributed by atoms with E-state index in [1.807, 2.05) is 18.2 Å². The number of nitrogens with zero attached hydrogens (tertiary/aromatic N) is 2. The minimum Gasteiger partial charge on any atom is -0.493 e. The Morgan fingerprint density at radius 2 is 1.74 bits per heavy atom. The highest BCUT2D eigenvalue weighted by Crippen LogP contribution is 2.29. The predicted molar refractivity (Wildman–Crippen MR) is 96.6 cm³/mol. The van der Waals surface area contributed by atoms with Crippen LogP contribution in [0.5, 0.6) is 11.5 Å². The Morgan fingerprint density at radius 1 is 1.13 bits per heavy atom. The zero-order valence-corrected chi connectivity index (χ0v) is 15.1. The zero-order chi connectivity index (χ0) is 17.4. The maximum absolute atomic E-state index is 5.95. The Bertz CT molecular complexity index is 507. The minimum atomic E-state index is 0.393. The molecule has 0 amide bonds. The van der Waals surface area contributed by atoms with Gasteiger partial charge in [0.25, 0.3) is 0 Å². The van der Waals surface area contributed by atoms with Crippen LogP contribution in [0.15, 0.2) is 23.2 Å². The number of anilines is 1. The van der Waals surface area contributed by atoms with Gasteiger partial charge in [-0.3, -0.25) is 9.89 Å². The number of methoxy groups -OCH3 is 2. The second kappa shape index (κ2) is 9.25. The van der Waals surface area contributed by atoms with Crippen molar-refractivity contribution in [1.82, 2.24) is 4.90 Å². The summed E-state index contributed by atoms with van der Waals surface area (Å²) in [7, 11) is 3.21. The monoisotopic (exact) mass is 322 g/mol. The highest BCUT2D eigenvalue weighted by molar-refractivity contribution is 5.92. The van der Waals surface area contributed by atoms with Crippen LogP contribution in [0.25, 0.3) is 0 Å².